The van der Waals surface area contributed by atoms with Gasteiger partial charge in [0.15, 0.2) is 0 Å². The molecule has 4 aliphatic rings. The van der Waals surface area contributed by atoms with Crippen molar-refractivity contribution in [3.63, 3.8) is 0 Å². The van der Waals surface area contributed by atoms with Gasteiger partial charge in [0.25, 0.3) is 5.91 Å². The molecular weight excluding hydrogens is 885 g/mol. The molecule has 3 saturated carbocycles. The van der Waals surface area contributed by atoms with E-state index in [1.54, 1.807) is 12.1 Å². The van der Waals surface area contributed by atoms with E-state index in [0.717, 1.165) is 48.1 Å². The van der Waals surface area contributed by atoms with Crippen LogP contribution in [0.2, 0.25) is 0 Å². The highest BCUT2D eigenvalue weighted by Crippen LogP contribution is 2.65. The van der Waals surface area contributed by atoms with E-state index in [0.29, 0.717) is 30.9 Å². The first-order valence-electron chi connectivity index (χ1n) is 24.3. The summed E-state index contributed by atoms with van der Waals surface area (Å²) in [6.07, 6.45) is 3.81. The molecular formula is C49H74BN9O10. The second kappa shape index (κ2) is 23.9. The number of nitrogens with one attached hydrogen (secondary N) is 5. The number of nitrogens with zero attached hydrogens (tertiary/aromatic N) is 1. The molecule has 2 aromatic carbocycles. The summed E-state index contributed by atoms with van der Waals surface area (Å²) in [4.78, 5) is 93.8. The fraction of sp³-hybridized carbons (Fsp3) is 0.612. The molecule has 378 valence electrons. The van der Waals surface area contributed by atoms with Crippen molar-refractivity contribution in [1.29, 1.82) is 0 Å². The summed E-state index contributed by atoms with van der Waals surface area (Å²) >= 11 is 0. The number of benzene rings is 2. The summed E-state index contributed by atoms with van der Waals surface area (Å²) in [5.41, 5.74) is 20.7. The Morgan fingerprint density at radius 1 is 0.855 bits per heavy atom. The monoisotopic (exact) mass is 960 g/mol. The van der Waals surface area contributed by atoms with E-state index in [1.165, 1.54) is 26.5 Å². The molecule has 7 amide bonds. The number of nitrogens with two attached hydrogens (primary N) is 3. The van der Waals surface area contributed by atoms with E-state index in [2.05, 4.69) is 71.6 Å². The van der Waals surface area contributed by atoms with Crippen LogP contribution in [0.1, 0.15) is 115 Å². The van der Waals surface area contributed by atoms with E-state index in [4.69, 9.17) is 26.5 Å². The quantitative estimate of drug-likeness (QED) is 0.0385. The summed E-state index contributed by atoms with van der Waals surface area (Å²) in [7, 11) is 0.299. The molecule has 6 rings (SSSR count). The van der Waals surface area contributed by atoms with Gasteiger partial charge in [-0.2, -0.15) is 0 Å². The van der Waals surface area contributed by atoms with E-state index < -0.39 is 90.9 Å². The molecule has 20 heteroatoms. The Labute approximate surface area is 406 Å². The third kappa shape index (κ3) is 13.5. The molecule has 1 saturated heterocycles. The molecule has 69 heavy (non-hydrogen) atoms. The molecule has 12 N–H and O–H groups in total. The minimum atomic E-state index is -1.53. The van der Waals surface area contributed by atoms with Crippen molar-refractivity contribution in [3.8, 4) is 11.1 Å². The minimum absolute atomic E-state index is 0.0266. The number of carbonyl (C=O) groups is 7. The van der Waals surface area contributed by atoms with Crippen LogP contribution in [0.5, 0.6) is 0 Å². The molecule has 2 aromatic rings. The van der Waals surface area contributed by atoms with Crippen LogP contribution >= 0.6 is 0 Å². The molecule has 4 unspecified atom stereocenters. The summed E-state index contributed by atoms with van der Waals surface area (Å²) < 4.78 is 12.5. The molecule has 1 heterocycles. The number of aryl methyl sites for hydroxylation is 1. The summed E-state index contributed by atoms with van der Waals surface area (Å²) in [5, 5.41) is 23.7. The van der Waals surface area contributed by atoms with Crippen LogP contribution in [0.3, 0.4) is 0 Å². The number of amides is 7. The average molecular weight is 960 g/mol. The second-order valence-corrected chi connectivity index (χ2v) is 19.8. The zero-order valence-corrected chi connectivity index (χ0v) is 41.2. The molecule has 1 aliphatic heterocycles. The van der Waals surface area contributed by atoms with Crippen molar-refractivity contribution >= 4 is 48.5 Å². The van der Waals surface area contributed by atoms with Crippen molar-refractivity contribution < 1.29 is 48.0 Å². The van der Waals surface area contributed by atoms with Crippen LogP contribution in [0.15, 0.2) is 48.5 Å². The zero-order valence-electron chi connectivity index (χ0n) is 41.2. The number of rotatable bonds is 25. The molecule has 0 radical (unpaired) electrons. The van der Waals surface area contributed by atoms with E-state index in [-0.39, 0.29) is 42.7 Å². The number of unbranched alkanes of at least 4 members (excludes halogenated alkanes) is 2. The molecule has 0 spiro atoms. The van der Waals surface area contributed by atoms with Crippen molar-refractivity contribution in [1.82, 2.24) is 31.5 Å². The first kappa shape index (κ1) is 54.5. The van der Waals surface area contributed by atoms with Crippen molar-refractivity contribution in [2.24, 2.45) is 34.5 Å². The Morgan fingerprint density at radius 2 is 1.51 bits per heavy atom. The van der Waals surface area contributed by atoms with Crippen LogP contribution in [-0.4, -0.2) is 127 Å². The fourth-order valence-electron chi connectivity index (χ4n) is 10.0. The van der Waals surface area contributed by atoms with Gasteiger partial charge in [0.2, 0.25) is 35.4 Å². The Bertz CT molecular complexity index is 2140. The van der Waals surface area contributed by atoms with Gasteiger partial charge in [0.1, 0.15) is 30.2 Å². The predicted molar refractivity (Wildman–Crippen MR) is 260 cm³/mol. The third-order valence-corrected chi connectivity index (χ3v) is 14.3. The van der Waals surface area contributed by atoms with Gasteiger partial charge in [-0.05, 0) is 118 Å². The van der Waals surface area contributed by atoms with Gasteiger partial charge in [0, 0.05) is 25.6 Å². The van der Waals surface area contributed by atoms with Gasteiger partial charge < -0.3 is 63.1 Å². The lowest BCUT2D eigenvalue weighted by Gasteiger charge is -2.64. The standard InChI is InChI=1S/C49H74BN9O10/c1-8-9-12-30-14-16-31(17-15-30)32-18-20-33(21-19-32)43(64)54-24-22-40(62)56-35(13-10-11-23-51)46(67)59(7)41(29(3)60)45(66)55-28(2)42(63)57-36(27-39(52)61)44(65)58-47(53)50-68-38-26-34-25-37(48(34,4)5)49(38,6)69-50/h14-21,28-29,34-38,41,47,60H,8-13,22-27,51,53H2,1-7H3,(H2,52,61)(H,54,64)(H,55,66)(H,56,62)(H,57,63)(H,58,65)/t28-,29?,34?,35-,36?,37-,38?,41-,47+,49-/m0/s1. The molecule has 4 fully saturated rings. The Hall–Kier alpha value is -5.41. The Morgan fingerprint density at radius 3 is 2.10 bits per heavy atom. The van der Waals surface area contributed by atoms with Crippen molar-refractivity contribution in [3.05, 3.63) is 59.7 Å². The maximum atomic E-state index is 14.0. The molecule has 2 bridgehead atoms. The van der Waals surface area contributed by atoms with Crippen LogP contribution in [0, 0.1) is 17.3 Å². The van der Waals surface area contributed by atoms with Gasteiger partial charge in [-0.25, -0.2) is 0 Å². The Balaban J connectivity index is 1.13. The number of aliphatic hydroxyl groups excluding tert-OH is 1. The highest BCUT2D eigenvalue weighted by atomic mass is 16.7. The largest absolute Gasteiger partial charge is 0.497 e. The minimum Gasteiger partial charge on any atom is -0.403 e. The highest BCUT2D eigenvalue weighted by molar-refractivity contribution is 6.47. The summed E-state index contributed by atoms with van der Waals surface area (Å²) in [6.45, 7) is 11.5. The predicted octanol–water partition coefficient (Wildman–Crippen LogP) is 1.17. The number of primary amides is 1. The van der Waals surface area contributed by atoms with Crippen LogP contribution in [0.4, 0.5) is 0 Å². The first-order chi connectivity index (χ1) is 32.6. The number of hydrogen-bond donors (Lipinski definition) is 9. The van der Waals surface area contributed by atoms with Gasteiger partial charge in [0.05, 0.1) is 24.2 Å². The fourth-order valence-corrected chi connectivity index (χ4v) is 10.0. The molecule has 3 aliphatic carbocycles. The lowest BCUT2D eigenvalue weighted by atomic mass is 9.43. The Kier molecular flexibility index (Phi) is 18.9. The number of hydrogen-bond acceptors (Lipinski definition) is 12. The van der Waals surface area contributed by atoms with Crippen molar-refractivity contribution in [2.45, 2.75) is 154 Å². The van der Waals surface area contributed by atoms with Crippen LogP contribution in [0.25, 0.3) is 11.1 Å². The lowest BCUT2D eigenvalue weighted by Crippen LogP contribution is -2.65. The van der Waals surface area contributed by atoms with Gasteiger partial charge in [-0.3, -0.25) is 33.6 Å². The van der Waals surface area contributed by atoms with Crippen molar-refractivity contribution in [2.75, 3.05) is 20.1 Å². The number of carbonyl (C=O) groups excluding carboxylic acids is 7. The number of likely N-dealkylation sites (N-methyl/N-ethyl adjacent to an activating group) is 1. The topological polar surface area (TPSA) is 300 Å². The highest BCUT2D eigenvalue weighted by Gasteiger charge is 2.68. The summed E-state index contributed by atoms with van der Waals surface area (Å²) in [5.74, 6) is -4.43. The molecule has 19 nitrogen and oxygen atoms in total. The van der Waals surface area contributed by atoms with Gasteiger partial charge >= 0.3 is 7.12 Å². The van der Waals surface area contributed by atoms with Gasteiger partial charge in [-0.15, -0.1) is 0 Å². The van der Waals surface area contributed by atoms with Gasteiger partial charge in [-0.1, -0.05) is 63.6 Å². The zero-order chi connectivity index (χ0) is 50.8. The van der Waals surface area contributed by atoms with E-state index in [9.17, 15) is 38.7 Å². The normalized spacial score (nSPS) is 22.5. The second-order valence-electron chi connectivity index (χ2n) is 19.8. The maximum absolute atomic E-state index is 14.0. The molecule has 10 atom stereocenters. The lowest BCUT2D eigenvalue weighted by molar-refractivity contribution is -0.199. The number of aliphatic hydroxyl groups is 1. The third-order valence-electron chi connectivity index (χ3n) is 14.3. The average Bonchev–Trinajstić information content (AvgIpc) is 3.67. The van der Waals surface area contributed by atoms with Crippen LogP contribution in [-0.2, 0) is 44.5 Å². The first-order valence-corrected chi connectivity index (χ1v) is 24.3. The smallest absolute Gasteiger partial charge is 0.403 e. The maximum Gasteiger partial charge on any atom is 0.497 e. The SMILES string of the molecule is CCCCc1ccc(-c2ccc(C(=O)NCCC(=O)N[C@@H](CCCCN)C(=O)N(C)[C@H](C(=O)N[C@@H](C)C(=O)NC(CC(N)=O)C(=O)N[C@@H](N)B3OC4CC5C[C@@H](C5(C)C)[C@]4(C)O3)C(C)O)cc2)cc1. The van der Waals surface area contributed by atoms with Crippen LogP contribution < -0.4 is 43.8 Å². The van der Waals surface area contributed by atoms with E-state index >= 15 is 0 Å². The molecule has 0 aromatic heterocycles. The summed E-state index contributed by atoms with van der Waals surface area (Å²) in [6, 6.07) is 8.84. The van der Waals surface area contributed by atoms with E-state index in [1.807, 2.05) is 19.1 Å².